The summed E-state index contributed by atoms with van der Waals surface area (Å²) < 4.78 is 12.1. The molecule has 1 saturated heterocycles. The highest BCUT2D eigenvalue weighted by atomic mass is 32.2. The Kier molecular flexibility index (Phi) is 4.97. The molecule has 0 spiro atoms. The van der Waals surface area contributed by atoms with Crippen molar-refractivity contribution in [2.24, 2.45) is 11.8 Å². The molecular weight excluding hydrogens is 270 g/mol. The lowest BCUT2D eigenvalue weighted by Gasteiger charge is -2.35. The van der Waals surface area contributed by atoms with Crippen molar-refractivity contribution in [2.75, 3.05) is 18.8 Å². The van der Waals surface area contributed by atoms with E-state index in [4.69, 9.17) is 0 Å². The highest BCUT2D eigenvalue weighted by molar-refractivity contribution is 7.85. The fourth-order valence-corrected chi connectivity index (χ4v) is 3.94. The third kappa shape index (κ3) is 3.29. The highest BCUT2D eigenvalue weighted by Gasteiger charge is 2.27. The van der Waals surface area contributed by atoms with Gasteiger partial charge < -0.3 is 4.90 Å². The van der Waals surface area contributed by atoms with Crippen molar-refractivity contribution in [1.29, 1.82) is 0 Å². The van der Waals surface area contributed by atoms with Crippen LogP contribution in [0.25, 0.3) is 0 Å². The Labute approximate surface area is 123 Å². The Bertz CT molecular complexity index is 505. The molecule has 3 unspecified atom stereocenters. The minimum absolute atomic E-state index is 0.0285. The second-order valence-electron chi connectivity index (χ2n) is 5.79. The Hall–Kier alpha value is -1.16. The number of amides is 1. The van der Waals surface area contributed by atoms with Gasteiger partial charge in [-0.05, 0) is 30.4 Å². The number of likely N-dealkylation sites (tertiary alicyclic amines) is 1. The average molecular weight is 293 g/mol. The molecule has 110 valence electrons. The van der Waals surface area contributed by atoms with E-state index in [1.54, 1.807) is 6.07 Å². The number of benzene rings is 1. The van der Waals surface area contributed by atoms with Crippen molar-refractivity contribution in [3.05, 3.63) is 29.8 Å². The summed E-state index contributed by atoms with van der Waals surface area (Å²) in [5.41, 5.74) is 0.606. The van der Waals surface area contributed by atoms with Gasteiger partial charge in [-0.3, -0.25) is 9.00 Å². The van der Waals surface area contributed by atoms with Crippen LogP contribution in [0.4, 0.5) is 0 Å². The normalized spacial score (nSPS) is 24.4. The number of hydrogen-bond donors (Lipinski definition) is 0. The highest BCUT2D eigenvalue weighted by Crippen LogP contribution is 2.24. The van der Waals surface area contributed by atoms with Crippen molar-refractivity contribution < 1.29 is 9.00 Å². The Morgan fingerprint density at radius 2 is 1.85 bits per heavy atom. The third-order valence-electron chi connectivity index (χ3n) is 3.78. The second-order valence-corrected chi connectivity index (χ2v) is 7.49. The van der Waals surface area contributed by atoms with Gasteiger partial charge in [0.2, 0.25) is 0 Å². The maximum atomic E-state index is 12.7. The molecule has 1 aliphatic rings. The van der Waals surface area contributed by atoms with Crippen molar-refractivity contribution in [3.63, 3.8) is 0 Å². The lowest BCUT2D eigenvalue weighted by atomic mass is 9.91. The van der Waals surface area contributed by atoms with Gasteiger partial charge in [-0.15, -0.1) is 0 Å². The van der Waals surface area contributed by atoms with E-state index >= 15 is 0 Å². The third-order valence-corrected chi connectivity index (χ3v) is 5.15. The van der Waals surface area contributed by atoms with Crippen molar-refractivity contribution in [3.8, 4) is 0 Å². The first-order valence-corrected chi connectivity index (χ1v) is 8.61. The molecule has 1 aromatic rings. The van der Waals surface area contributed by atoms with Crippen molar-refractivity contribution in [2.45, 2.75) is 32.1 Å². The van der Waals surface area contributed by atoms with Crippen LogP contribution in [-0.4, -0.2) is 33.9 Å². The van der Waals surface area contributed by atoms with Crippen LogP contribution in [0.2, 0.25) is 0 Å². The van der Waals surface area contributed by atoms with Crippen LogP contribution in [0, 0.1) is 11.8 Å². The number of carbonyl (C=O) groups is 1. The number of nitrogens with zero attached hydrogens (tertiary/aromatic N) is 1. The van der Waals surface area contributed by atoms with Gasteiger partial charge in [-0.25, -0.2) is 0 Å². The van der Waals surface area contributed by atoms with Gasteiger partial charge in [0.15, 0.2) is 0 Å². The SMILES string of the molecule is CCS(=O)c1ccccc1C(=O)N1CC(C)CC(C)C1. The summed E-state index contributed by atoms with van der Waals surface area (Å²) in [7, 11) is -1.09. The summed E-state index contributed by atoms with van der Waals surface area (Å²) in [5, 5.41) is 0. The van der Waals surface area contributed by atoms with Crippen LogP contribution in [0.3, 0.4) is 0 Å². The molecule has 0 radical (unpaired) electrons. The van der Waals surface area contributed by atoms with Gasteiger partial charge in [-0.2, -0.15) is 0 Å². The van der Waals surface area contributed by atoms with Gasteiger partial charge in [0.05, 0.1) is 21.3 Å². The molecule has 1 aromatic carbocycles. The molecule has 3 atom stereocenters. The molecular formula is C16H23NO2S. The molecule has 1 fully saturated rings. The molecule has 0 aliphatic carbocycles. The van der Waals surface area contributed by atoms with Crippen LogP contribution >= 0.6 is 0 Å². The maximum absolute atomic E-state index is 12.7. The van der Waals surface area contributed by atoms with Gasteiger partial charge in [0, 0.05) is 18.8 Å². The molecule has 0 bridgehead atoms. The molecule has 0 saturated carbocycles. The quantitative estimate of drug-likeness (QED) is 0.859. The monoisotopic (exact) mass is 293 g/mol. The van der Waals surface area contributed by atoms with Crippen LogP contribution in [0.1, 0.15) is 37.6 Å². The summed E-state index contributed by atoms with van der Waals surface area (Å²) in [6, 6.07) is 7.31. The van der Waals surface area contributed by atoms with E-state index in [9.17, 15) is 9.00 Å². The molecule has 1 heterocycles. The molecule has 1 amide bonds. The molecule has 3 nitrogen and oxygen atoms in total. The first-order valence-electron chi connectivity index (χ1n) is 7.29. The summed E-state index contributed by atoms with van der Waals surface area (Å²) in [6.07, 6.45) is 1.17. The summed E-state index contributed by atoms with van der Waals surface area (Å²) in [4.78, 5) is 15.3. The minimum Gasteiger partial charge on any atom is -0.338 e. The number of hydrogen-bond acceptors (Lipinski definition) is 2. The first kappa shape index (κ1) is 15.2. The smallest absolute Gasteiger partial charge is 0.255 e. The van der Waals surface area contributed by atoms with E-state index in [2.05, 4.69) is 13.8 Å². The number of rotatable bonds is 3. The van der Waals surface area contributed by atoms with E-state index in [0.717, 1.165) is 13.1 Å². The van der Waals surface area contributed by atoms with Gasteiger partial charge in [0.1, 0.15) is 0 Å². The van der Waals surface area contributed by atoms with Crippen molar-refractivity contribution >= 4 is 16.7 Å². The molecule has 4 heteroatoms. The van der Waals surface area contributed by atoms with Crippen LogP contribution < -0.4 is 0 Å². The van der Waals surface area contributed by atoms with Crippen LogP contribution in [-0.2, 0) is 10.8 Å². The summed E-state index contributed by atoms with van der Waals surface area (Å²) >= 11 is 0. The molecule has 20 heavy (non-hydrogen) atoms. The standard InChI is InChI=1S/C16H23NO2S/c1-4-20(19)15-8-6-5-7-14(15)16(18)17-10-12(2)9-13(3)11-17/h5-8,12-13H,4,9-11H2,1-3H3. The predicted octanol–water partition coefficient (Wildman–Crippen LogP) is 2.93. The Balaban J connectivity index is 2.27. The zero-order chi connectivity index (χ0) is 14.7. The average Bonchev–Trinajstić information content (AvgIpc) is 2.44. The van der Waals surface area contributed by atoms with Gasteiger partial charge in [0.25, 0.3) is 5.91 Å². The van der Waals surface area contributed by atoms with Gasteiger partial charge >= 0.3 is 0 Å². The zero-order valence-corrected chi connectivity index (χ0v) is 13.3. The second kappa shape index (κ2) is 6.53. The molecule has 2 rings (SSSR count). The fraction of sp³-hybridized carbons (Fsp3) is 0.562. The van der Waals surface area contributed by atoms with E-state index in [-0.39, 0.29) is 5.91 Å². The van der Waals surface area contributed by atoms with Crippen LogP contribution in [0.15, 0.2) is 29.2 Å². The molecule has 0 aromatic heterocycles. The number of piperidine rings is 1. The predicted molar refractivity (Wildman–Crippen MR) is 82.2 cm³/mol. The minimum atomic E-state index is -1.09. The largest absolute Gasteiger partial charge is 0.338 e. The zero-order valence-electron chi connectivity index (χ0n) is 12.5. The number of carbonyl (C=O) groups excluding carboxylic acids is 1. The topological polar surface area (TPSA) is 37.4 Å². The Morgan fingerprint density at radius 1 is 1.25 bits per heavy atom. The van der Waals surface area contributed by atoms with E-state index in [1.807, 2.05) is 30.0 Å². The molecule has 1 aliphatic heterocycles. The van der Waals surface area contributed by atoms with Gasteiger partial charge in [-0.1, -0.05) is 32.9 Å². The Morgan fingerprint density at radius 3 is 2.45 bits per heavy atom. The van der Waals surface area contributed by atoms with E-state index < -0.39 is 10.8 Å². The fourth-order valence-electron chi connectivity index (χ4n) is 3.00. The maximum Gasteiger partial charge on any atom is 0.255 e. The molecule has 0 N–H and O–H groups in total. The lowest BCUT2D eigenvalue weighted by molar-refractivity contribution is 0.0619. The van der Waals surface area contributed by atoms with Crippen molar-refractivity contribution in [1.82, 2.24) is 4.90 Å². The first-order chi connectivity index (χ1) is 9.52. The van der Waals surface area contributed by atoms with E-state index in [1.165, 1.54) is 6.42 Å². The van der Waals surface area contributed by atoms with E-state index in [0.29, 0.717) is 28.0 Å². The lowest BCUT2D eigenvalue weighted by Crippen LogP contribution is -2.42. The summed E-state index contributed by atoms with van der Waals surface area (Å²) in [5.74, 6) is 1.63. The summed E-state index contributed by atoms with van der Waals surface area (Å²) in [6.45, 7) is 7.85. The van der Waals surface area contributed by atoms with Crippen LogP contribution in [0.5, 0.6) is 0 Å².